The molecule has 1 saturated carbocycles. The van der Waals surface area contributed by atoms with Crippen LogP contribution in [0.4, 0.5) is 5.95 Å². The maximum atomic E-state index is 5.36. The van der Waals surface area contributed by atoms with Gasteiger partial charge in [0.25, 0.3) is 0 Å². The van der Waals surface area contributed by atoms with Crippen molar-refractivity contribution in [2.45, 2.75) is 58.9 Å². The van der Waals surface area contributed by atoms with Crippen LogP contribution in [0.15, 0.2) is 12.4 Å². The van der Waals surface area contributed by atoms with E-state index in [-0.39, 0.29) is 0 Å². The van der Waals surface area contributed by atoms with Gasteiger partial charge >= 0.3 is 0 Å². The van der Waals surface area contributed by atoms with E-state index in [1.54, 1.807) is 0 Å². The summed E-state index contributed by atoms with van der Waals surface area (Å²) >= 11 is 0. The largest absolute Gasteiger partial charge is 0.382 e. The van der Waals surface area contributed by atoms with Crippen molar-refractivity contribution in [1.29, 1.82) is 0 Å². The van der Waals surface area contributed by atoms with Crippen molar-refractivity contribution in [2.24, 2.45) is 5.41 Å². The summed E-state index contributed by atoms with van der Waals surface area (Å²) in [6.45, 7) is 9.33. The predicted octanol–water partition coefficient (Wildman–Crippen LogP) is 3.86. The molecule has 2 rings (SSSR count). The summed E-state index contributed by atoms with van der Waals surface area (Å²) in [4.78, 5) is 4.47. The lowest BCUT2D eigenvalue weighted by molar-refractivity contribution is 0.147. The lowest BCUT2D eigenvalue weighted by Crippen LogP contribution is -2.25. The molecular weight excluding hydrogens is 250 g/mol. The van der Waals surface area contributed by atoms with E-state index in [4.69, 9.17) is 4.74 Å². The van der Waals surface area contributed by atoms with Gasteiger partial charge < -0.3 is 14.6 Å². The quantitative estimate of drug-likeness (QED) is 0.770. The van der Waals surface area contributed by atoms with Crippen LogP contribution in [0, 0.1) is 5.41 Å². The molecule has 0 aliphatic heterocycles. The van der Waals surface area contributed by atoms with Gasteiger partial charge in [0.05, 0.1) is 0 Å². The van der Waals surface area contributed by atoms with E-state index in [9.17, 15) is 0 Å². The summed E-state index contributed by atoms with van der Waals surface area (Å²) in [5, 5.41) is 3.45. The number of imidazole rings is 1. The van der Waals surface area contributed by atoms with Crippen LogP contribution in [-0.4, -0.2) is 29.3 Å². The van der Waals surface area contributed by atoms with Crippen molar-refractivity contribution in [3.8, 4) is 0 Å². The summed E-state index contributed by atoms with van der Waals surface area (Å²) in [7, 11) is 0. The Bertz CT molecular complexity index is 400. The highest BCUT2D eigenvalue weighted by molar-refractivity contribution is 5.26. The molecule has 0 bridgehead atoms. The van der Waals surface area contributed by atoms with Crippen molar-refractivity contribution in [1.82, 2.24) is 9.55 Å². The first-order chi connectivity index (χ1) is 9.62. The minimum Gasteiger partial charge on any atom is -0.382 e. The molecule has 4 nitrogen and oxygen atoms in total. The SMILES string of the molecule is CCOCCCNc1nccn1C1CCCC(C)(C)C1. The van der Waals surface area contributed by atoms with Gasteiger partial charge in [-0.25, -0.2) is 4.98 Å². The molecule has 1 aromatic rings. The van der Waals surface area contributed by atoms with Gasteiger partial charge in [-0.05, 0) is 38.0 Å². The van der Waals surface area contributed by atoms with E-state index in [2.05, 4.69) is 34.9 Å². The molecule has 20 heavy (non-hydrogen) atoms. The fourth-order valence-electron chi connectivity index (χ4n) is 3.16. The number of ether oxygens (including phenoxy) is 1. The Morgan fingerprint density at radius 2 is 2.35 bits per heavy atom. The molecule has 1 fully saturated rings. The molecule has 114 valence electrons. The highest BCUT2D eigenvalue weighted by atomic mass is 16.5. The van der Waals surface area contributed by atoms with Crippen LogP contribution in [0.25, 0.3) is 0 Å². The molecule has 1 aliphatic carbocycles. The highest BCUT2D eigenvalue weighted by Gasteiger charge is 2.29. The van der Waals surface area contributed by atoms with E-state index in [0.29, 0.717) is 11.5 Å². The predicted molar refractivity (Wildman–Crippen MR) is 83.1 cm³/mol. The standard InChI is InChI=1S/C16H29N3O/c1-4-20-12-6-9-17-15-18-10-11-19(15)14-7-5-8-16(2,3)13-14/h10-11,14H,4-9,12-13H2,1-3H3,(H,17,18). The lowest BCUT2D eigenvalue weighted by atomic mass is 9.75. The van der Waals surface area contributed by atoms with E-state index in [1.165, 1.54) is 25.7 Å². The first-order valence-electron chi connectivity index (χ1n) is 7.97. The molecule has 1 heterocycles. The molecule has 0 amide bonds. The Balaban J connectivity index is 1.88. The fraction of sp³-hybridized carbons (Fsp3) is 0.812. The molecule has 1 aliphatic rings. The third kappa shape index (κ3) is 4.23. The van der Waals surface area contributed by atoms with E-state index in [0.717, 1.165) is 32.1 Å². The van der Waals surface area contributed by atoms with Crippen molar-refractivity contribution >= 4 is 5.95 Å². The third-order valence-corrected chi connectivity index (χ3v) is 4.19. The average molecular weight is 279 g/mol. The van der Waals surface area contributed by atoms with Gasteiger partial charge in [-0.15, -0.1) is 0 Å². The molecule has 0 spiro atoms. The van der Waals surface area contributed by atoms with Gasteiger partial charge in [0, 0.05) is 38.2 Å². The van der Waals surface area contributed by atoms with Crippen LogP contribution >= 0.6 is 0 Å². The number of nitrogens with zero attached hydrogens (tertiary/aromatic N) is 2. The number of rotatable bonds is 7. The van der Waals surface area contributed by atoms with Gasteiger partial charge in [-0.3, -0.25) is 0 Å². The van der Waals surface area contributed by atoms with Crippen LogP contribution in [0.3, 0.4) is 0 Å². The van der Waals surface area contributed by atoms with Crippen LogP contribution in [0.5, 0.6) is 0 Å². The van der Waals surface area contributed by atoms with Gasteiger partial charge in [-0.2, -0.15) is 0 Å². The van der Waals surface area contributed by atoms with E-state index >= 15 is 0 Å². The summed E-state index contributed by atoms with van der Waals surface area (Å²) in [6, 6.07) is 0.593. The minimum atomic E-state index is 0.458. The smallest absolute Gasteiger partial charge is 0.203 e. The van der Waals surface area contributed by atoms with Crippen molar-refractivity contribution in [3.63, 3.8) is 0 Å². The Hall–Kier alpha value is -1.03. The van der Waals surface area contributed by atoms with Crippen LogP contribution < -0.4 is 5.32 Å². The monoisotopic (exact) mass is 279 g/mol. The molecule has 1 N–H and O–H groups in total. The summed E-state index contributed by atoms with van der Waals surface area (Å²) in [6.07, 6.45) is 10.2. The highest BCUT2D eigenvalue weighted by Crippen LogP contribution is 2.41. The second-order valence-electron chi connectivity index (χ2n) is 6.55. The fourth-order valence-corrected chi connectivity index (χ4v) is 3.16. The Morgan fingerprint density at radius 3 is 3.10 bits per heavy atom. The van der Waals surface area contributed by atoms with Gasteiger partial charge in [-0.1, -0.05) is 20.3 Å². The zero-order valence-corrected chi connectivity index (χ0v) is 13.2. The van der Waals surface area contributed by atoms with Crippen LogP contribution in [0.1, 0.15) is 58.9 Å². The average Bonchev–Trinajstić information content (AvgIpc) is 2.86. The van der Waals surface area contributed by atoms with Crippen LogP contribution in [-0.2, 0) is 4.74 Å². The van der Waals surface area contributed by atoms with Crippen molar-refractivity contribution in [2.75, 3.05) is 25.1 Å². The third-order valence-electron chi connectivity index (χ3n) is 4.19. The molecule has 0 saturated heterocycles. The molecule has 1 atom stereocenters. The summed E-state index contributed by atoms with van der Waals surface area (Å²) < 4.78 is 7.69. The zero-order valence-electron chi connectivity index (χ0n) is 13.2. The lowest BCUT2D eigenvalue weighted by Gasteiger charge is -2.36. The normalized spacial score (nSPS) is 21.9. The van der Waals surface area contributed by atoms with Gasteiger partial charge in [0.1, 0.15) is 0 Å². The Kier molecular flexibility index (Phi) is 5.46. The summed E-state index contributed by atoms with van der Waals surface area (Å²) in [5.74, 6) is 1.02. The van der Waals surface area contributed by atoms with Crippen molar-refractivity contribution < 1.29 is 4.74 Å². The van der Waals surface area contributed by atoms with Crippen molar-refractivity contribution in [3.05, 3.63) is 12.4 Å². The molecule has 4 heteroatoms. The van der Waals surface area contributed by atoms with Gasteiger partial charge in [0.15, 0.2) is 0 Å². The number of aromatic nitrogens is 2. The topological polar surface area (TPSA) is 39.1 Å². The van der Waals surface area contributed by atoms with Gasteiger partial charge in [0.2, 0.25) is 5.95 Å². The minimum absolute atomic E-state index is 0.458. The number of hydrogen-bond acceptors (Lipinski definition) is 3. The molecule has 1 aromatic heterocycles. The molecule has 1 unspecified atom stereocenters. The van der Waals surface area contributed by atoms with Crippen LogP contribution in [0.2, 0.25) is 0 Å². The summed E-state index contributed by atoms with van der Waals surface area (Å²) in [5.41, 5.74) is 0.458. The molecular formula is C16H29N3O. The first kappa shape index (κ1) is 15.4. The number of nitrogens with one attached hydrogen (secondary N) is 1. The Morgan fingerprint density at radius 1 is 1.50 bits per heavy atom. The van der Waals surface area contributed by atoms with E-state index in [1.807, 2.05) is 13.1 Å². The number of hydrogen-bond donors (Lipinski definition) is 1. The zero-order chi connectivity index (χ0) is 14.4. The molecule has 0 radical (unpaired) electrons. The maximum Gasteiger partial charge on any atom is 0.203 e. The Labute approximate surface area is 122 Å². The first-order valence-corrected chi connectivity index (χ1v) is 7.97. The second kappa shape index (κ2) is 7.11. The maximum absolute atomic E-state index is 5.36. The number of anilines is 1. The molecule has 0 aromatic carbocycles. The second-order valence-corrected chi connectivity index (χ2v) is 6.55. The van der Waals surface area contributed by atoms with E-state index < -0.39 is 0 Å².